The molecule has 2 fully saturated rings. The summed E-state index contributed by atoms with van der Waals surface area (Å²) in [6.45, 7) is 3.76. The molecule has 1 aromatic carbocycles. The Hall–Kier alpha value is -2.04. The number of benzene rings is 1. The van der Waals surface area contributed by atoms with Crippen LogP contribution >= 0.6 is 0 Å². The van der Waals surface area contributed by atoms with Crippen LogP contribution in [0.15, 0.2) is 30.3 Å². The highest BCUT2D eigenvalue weighted by molar-refractivity contribution is 5.84. The van der Waals surface area contributed by atoms with E-state index in [0.29, 0.717) is 19.4 Å². The number of nitrogens with zero attached hydrogens (tertiary/aromatic N) is 2. The highest BCUT2D eigenvalue weighted by atomic mass is 16.2. The van der Waals surface area contributed by atoms with E-state index >= 15 is 0 Å². The van der Waals surface area contributed by atoms with Crippen LogP contribution < -0.4 is 10.2 Å². The molecule has 1 unspecified atom stereocenters. The third kappa shape index (κ3) is 3.17. The number of hydrogen-bond donors (Lipinski definition) is 1. The summed E-state index contributed by atoms with van der Waals surface area (Å²) in [5.41, 5.74) is 1.22. The van der Waals surface area contributed by atoms with Crippen molar-refractivity contribution in [1.29, 1.82) is 0 Å². The van der Waals surface area contributed by atoms with Crippen molar-refractivity contribution in [3.05, 3.63) is 30.3 Å². The molecule has 21 heavy (non-hydrogen) atoms. The van der Waals surface area contributed by atoms with E-state index in [0.717, 1.165) is 26.2 Å². The standard InChI is InChI=1S/C16H21N3O2/c20-15-7-6-13(12-17-15)16(21)19-10-8-18(9-11-19)14-4-2-1-3-5-14/h1-5,13H,6-12H2,(H,17,20). The fourth-order valence-corrected chi connectivity index (χ4v) is 3.03. The first-order valence-corrected chi connectivity index (χ1v) is 7.59. The Kier molecular flexibility index (Phi) is 4.08. The van der Waals surface area contributed by atoms with Crippen molar-refractivity contribution in [2.75, 3.05) is 37.6 Å². The van der Waals surface area contributed by atoms with Gasteiger partial charge in [-0.05, 0) is 18.6 Å². The summed E-state index contributed by atoms with van der Waals surface area (Å²) in [6, 6.07) is 10.3. The van der Waals surface area contributed by atoms with E-state index in [1.54, 1.807) is 0 Å². The molecule has 2 amide bonds. The number of rotatable bonds is 2. The molecule has 0 spiro atoms. The lowest BCUT2D eigenvalue weighted by molar-refractivity contribution is -0.137. The summed E-state index contributed by atoms with van der Waals surface area (Å²) in [5, 5.41) is 2.79. The highest BCUT2D eigenvalue weighted by Gasteiger charge is 2.30. The van der Waals surface area contributed by atoms with Gasteiger partial charge in [-0.1, -0.05) is 18.2 Å². The Balaban J connectivity index is 1.53. The van der Waals surface area contributed by atoms with Crippen LogP contribution in [0.5, 0.6) is 0 Å². The summed E-state index contributed by atoms with van der Waals surface area (Å²) in [6.07, 6.45) is 1.16. The minimum Gasteiger partial charge on any atom is -0.368 e. The lowest BCUT2D eigenvalue weighted by atomic mass is 9.97. The average molecular weight is 287 g/mol. The Morgan fingerprint density at radius 1 is 1.10 bits per heavy atom. The maximum atomic E-state index is 12.5. The van der Waals surface area contributed by atoms with Gasteiger partial charge in [0.1, 0.15) is 0 Å². The highest BCUT2D eigenvalue weighted by Crippen LogP contribution is 2.19. The van der Waals surface area contributed by atoms with Gasteiger partial charge in [-0.15, -0.1) is 0 Å². The summed E-state index contributed by atoms with van der Waals surface area (Å²) in [4.78, 5) is 27.9. The van der Waals surface area contributed by atoms with Crippen LogP contribution in [-0.4, -0.2) is 49.4 Å². The van der Waals surface area contributed by atoms with E-state index in [1.807, 2.05) is 23.1 Å². The molecular weight excluding hydrogens is 266 g/mol. The number of piperazine rings is 1. The molecule has 0 radical (unpaired) electrons. The second kappa shape index (κ2) is 6.16. The summed E-state index contributed by atoms with van der Waals surface area (Å²) in [5.74, 6) is 0.224. The van der Waals surface area contributed by atoms with Gasteiger partial charge < -0.3 is 15.1 Å². The smallest absolute Gasteiger partial charge is 0.227 e. The zero-order chi connectivity index (χ0) is 14.7. The predicted molar refractivity (Wildman–Crippen MR) is 81.0 cm³/mol. The number of amides is 2. The van der Waals surface area contributed by atoms with Crippen LogP contribution in [-0.2, 0) is 9.59 Å². The van der Waals surface area contributed by atoms with Gasteiger partial charge in [0.25, 0.3) is 0 Å². The number of carbonyl (C=O) groups excluding carboxylic acids is 2. The topological polar surface area (TPSA) is 52.7 Å². The largest absolute Gasteiger partial charge is 0.368 e. The fraction of sp³-hybridized carbons (Fsp3) is 0.500. The van der Waals surface area contributed by atoms with E-state index in [2.05, 4.69) is 22.3 Å². The van der Waals surface area contributed by atoms with Crippen molar-refractivity contribution in [3.8, 4) is 0 Å². The van der Waals surface area contributed by atoms with Gasteiger partial charge in [0.05, 0.1) is 5.92 Å². The lowest BCUT2D eigenvalue weighted by Gasteiger charge is -2.38. The van der Waals surface area contributed by atoms with E-state index < -0.39 is 0 Å². The molecular formula is C16H21N3O2. The molecule has 1 atom stereocenters. The van der Waals surface area contributed by atoms with Crippen LogP contribution in [0, 0.1) is 5.92 Å². The third-order valence-electron chi connectivity index (χ3n) is 4.33. The Morgan fingerprint density at radius 3 is 2.43 bits per heavy atom. The van der Waals surface area contributed by atoms with Crippen molar-refractivity contribution in [1.82, 2.24) is 10.2 Å². The molecule has 3 rings (SSSR count). The van der Waals surface area contributed by atoms with E-state index in [-0.39, 0.29) is 17.7 Å². The minimum atomic E-state index is -0.0361. The first-order valence-electron chi connectivity index (χ1n) is 7.59. The summed E-state index contributed by atoms with van der Waals surface area (Å²) in [7, 11) is 0. The maximum Gasteiger partial charge on any atom is 0.227 e. The maximum absolute atomic E-state index is 12.5. The van der Waals surface area contributed by atoms with Gasteiger partial charge in [-0.2, -0.15) is 0 Å². The van der Waals surface area contributed by atoms with Crippen LogP contribution in [0.3, 0.4) is 0 Å². The molecule has 0 saturated carbocycles. The van der Waals surface area contributed by atoms with Crippen molar-refractivity contribution in [2.24, 2.45) is 5.92 Å². The van der Waals surface area contributed by atoms with E-state index in [4.69, 9.17) is 0 Å². The number of para-hydroxylation sites is 1. The number of nitrogens with one attached hydrogen (secondary N) is 1. The predicted octanol–water partition coefficient (Wildman–Crippen LogP) is 0.861. The molecule has 1 aromatic rings. The zero-order valence-electron chi connectivity index (χ0n) is 12.1. The first-order chi connectivity index (χ1) is 10.2. The van der Waals surface area contributed by atoms with Gasteiger partial charge in [0.2, 0.25) is 11.8 Å². The molecule has 0 aliphatic carbocycles. The van der Waals surface area contributed by atoms with Crippen LogP contribution in [0.2, 0.25) is 0 Å². The van der Waals surface area contributed by atoms with Gasteiger partial charge >= 0.3 is 0 Å². The van der Waals surface area contributed by atoms with Crippen molar-refractivity contribution in [3.63, 3.8) is 0 Å². The van der Waals surface area contributed by atoms with Gasteiger partial charge in [-0.3, -0.25) is 9.59 Å². The second-order valence-corrected chi connectivity index (χ2v) is 5.69. The molecule has 112 valence electrons. The Labute approximate surface area is 124 Å². The average Bonchev–Trinajstić information content (AvgIpc) is 2.56. The van der Waals surface area contributed by atoms with Crippen LogP contribution in [0.4, 0.5) is 5.69 Å². The number of carbonyl (C=O) groups is 2. The summed E-state index contributed by atoms with van der Waals surface area (Å²) < 4.78 is 0. The number of hydrogen-bond acceptors (Lipinski definition) is 3. The lowest BCUT2D eigenvalue weighted by Crippen LogP contribution is -2.52. The van der Waals surface area contributed by atoms with Crippen molar-refractivity contribution >= 4 is 17.5 Å². The van der Waals surface area contributed by atoms with Crippen molar-refractivity contribution < 1.29 is 9.59 Å². The number of anilines is 1. The molecule has 2 saturated heterocycles. The van der Waals surface area contributed by atoms with E-state index in [9.17, 15) is 9.59 Å². The second-order valence-electron chi connectivity index (χ2n) is 5.69. The van der Waals surface area contributed by atoms with Crippen molar-refractivity contribution in [2.45, 2.75) is 12.8 Å². The van der Waals surface area contributed by atoms with Gasteiger partial charge in [-0.25, -0.2) is 0 Å². The van der Waals surface area contributed by atoms with Crippen LogP contribution in [0.1, 0.15) is 12.8 Å². The minimum absolute atomic E-state index is 0.0361. The molecule has 1 N–H and O–H groups in total. The zero-order valence-corrected chi connectivity index (χ0v) is 12.1. The molecule has 5 heteroatoms. The fourth-order valence-electron chi connectivity index (χ4n) is 3.03. The molecule has 2 heterocycles. The first kappa shape index (κ1) is 13.9. The number of piperidine rings is 1. The van der Waals surface area contributed by atoms with Gasteiger partial charge in [0, 0.05) is 44.8 Å². The third-order valence-corrected chi connectivity index (χ3v) is 4.33. The molecule has 0 aromatic heterocycles. The normalized spacial score (nSPS) is 22.9. The quantitative estimate of drug-likeness (QED) is 0.878. The Morgan fingerprint density at radius 2 is 1.81 bits per heavy atom. The molecule has 2 aliphatic rings. The Bertz CT molecular complexity index is 500. The molecule has 2 aliphatic heterocycles. The molecule has 0 bridgehead atoms. The van der Waals surface area contributed by atoms with Gasteiger partial charge in [0.15, 0.2) is 0 Å². The SMILES string of the molecule is O=C1CCC(C(=O)N2CCN(c3ccccc3)CC2)CN1. The van der Waals surface area contributed by atoms with E-state index in [1.165, 1.54) is 5.69 Å². The molecule has 5 nitrogen and oxygen atoms in total. The monoisotopic (exact) mass is 287 g/mol. The summed E-state index contributed by atoms with van der Waals surface area (Å²) >= 11 is 0. The van der Waals surface area contributed by atoms with Crippen LogP contribution in [0.25, 0.3) is 0 Å².